The van der Waals surface area contributed by atoms with Crippen LogP contribution in [0.1, 0.15) is 23.2 Å². The third-order valence-electron chi connectivity index (χ3n) is 4.97. The molecule has 8 heteroatoms. The lowest BCUT2D eigenvalue weighted by Gasteiger charge is -2.16. The summed E-state index contributed by atoms with van der Waals surface area (Å²) in [7, 11) is 1.77. The highest BCUT2D eigenvalue weighted by Gasteiger charge is 2.17. The molecule has 4 rings (SSSR count). The normalized spacial score (nSPS) is 17.0. The standard InChI is InChI=1S/C21H27N5O2S/c1-15-3-4-17(19(9-15)28-14-16-5-7-27-13-16)10-23-20(22-2)24-11-18-12-26-6-8-29-21(26)25-18/h3-4,6,8-9,12,16H,5,7,10-11,13-14H2,1-2H3,(H2,22,23,24). The lowest BCUT2D eigenvalue weighted by atomic mass is 10.1. The predicted molar refractivity (Wildman–Crippen MR) is 116 cm³/mol. The zero-order valence-electron chi connectivity index (χ0n) is 16.9. The maximum Gasteiger partial charge on any atom is 0.193 e. The van der Waals surface area contributed by atoms with Crippen molar-refractivity contribution < 1.29 is 9.47 Å². The van der Waals surface area contributed by atoms with Crippen LogP contribution >= 0.6 is 11.3 Å². The van der Waals surface area contributed by atoms with Gasteiger partial charge in [0.05, 0.1) is 25.5 Å². The number of imidazole rings is 1. The molecule has 1 unspecified atom stereocenters. The molecule has 3 heterocycles. The quantitative estimate of drug-likeness (QED) is 0.460. The van der Waals surface area contributed by atoms with Gasteiger partial charge in [-0.3, -0.25) is 9.39 Å². The number of aromatic nitrogens is 2. The molecule has 0 bridgehead atoms. The molecule has 0 spiro atoms. The minimum absolute atomic E-state index is 0.482. The molecule has 2 N–H and O–H groups in total. The Kier molecular flexibility index (Phi) is 6.31. The molecule has 0 radical (unpaired) electrons. The minimum Gasteiger partial charge on any atom is -0.493 e. The molecule has 1 aromatic carbocycles. The van der Waals surface area contributed by atoms with Gasteiger partial charge < -0.3 is 20.1 Å². The van der Waals surface area contributed by atoms with Crippen LogP contribution in [0.25, 0.3) is 4.96 Å². The van der Waals surface area contributed by atoms with Crippen molar-refractivity contribution in [1.82, 2.24) is 20.0 Å². The van der Waals surface area contributed by atoms with E-state index in [-0.39, 0.29) is 0 Å². The molecular weight excluding hydrogens is 386 g/mol. The maximum atomic E-state index is 6.13. The van der Waals surface area contributed by atoms with Gasteiger partial charge in [0.15, 0.2) is 10.9 Å². The highest BCUT2D eigenvalue weighted by molar-refractivity contribution is 7.15. The van der Waals surface area contributed by atoms with Gasteiger partial charge >= 0.3 is 0 Å². The van der Waals surface area contributed by atoms with E-state index in [0.717, 1.165) is 47.6 Å². The average Bonchev–Trinajstić information content (AvgIpc) is 3.45. The Morgan fingerprint density at radius 2 is 2.28 bits per heavy atom. The summed E-state index contributed by atoms with van der Waals surface area (Å²) < 4.78 is 13.6. The smallest absolute Gasteiger partial charge is 0.193 e. The van der Waals surface area contributed by atoms with Crippen LogP contribution in [0.4, 0.5) is 0 Å². The van der Waals surface area contributed by atoms with Crippen molar-refractivity contribution in [2.75, 3.05) is 26.9 Å². The molecule has 1 atom stereocenters. The number of nitrogens with zero attached hydrogens (tertiary/aromatic N) is 3. The second kappa shape index (κ2) is 9.28. The van der Waals surface area contributed by atoms with Crippen LogP contribution in [0.3, 0.4) is 0 Å². The minimum atomic E-state index is 0.482. The van der Waals surface area contributed by atoms with E-state index in [2.05, 4.69) is 45.7 Å². The van der Waals surface area contributed by atoms with Crippen LogP contribution in [0.5, 0.6) is 5.75 Å². The average molecular weight is 414 g/mol. The number of ether oxygens (including phenoxy) is 2. The van der Waals surface area contributed by atoms with E-state index < -0.39 is 0 Å². The Balaban J connectivity index is 1.33. The van der Waals surface area contributed by atoms with Crippen LogP contribution in [-0.4, -0.2) is 42.2 Å². The lowest BCUT2D eigenvalue weighted by Crippen LogP contribution is -2.36. The van der Waals surface area contributed by atoms with E-state index >= 15 is 0 Å². The van der Waals surface area contributed by atoms with Crippen LogP contribution in [0.15, 0.2) is 41.0 Å². The summed E-state index contributed by atoms with van der Waals surface area (Å²) in [5.41, 5.74) is 3.28. The molecule has 2 aromatic heterocycles. The van der Waals surface area contributed by atoms with E-state index in [1.807, 2.05) is 22.2 Å². The van der Waals surface area contributed by atoms with Crippen LogP contribution in [0.2, 0.25) is 0 Å². The third-order valence-corrected chi connectivity index (χ3v) is 5.74. The van der Waals surface area contributed by atoms with Crippen LogP contribution in [0, 0.1) is 12.8 Å². The van der Waals surface area contributed by atoms with Gasteiger partial charge in [0, 0.05) is 49.5 Å². The number of guanidine groups is 1. The van der Waals surface area contributed by atoms with Crippen LogP contribution in [-0.2, 0) is 17.8 Å². The summed E-state index contributed by atoms with van der Waals surface area (Å²) in [5.74, 6) is 2.14. The topological polar surface area (TPSA) is 72.2 Å². The number of hydrogen-bond donors (Lipinski definition) is 2. The molecule has 29 heavy (non-hydrogen) atoms. The summed E-state index contributed by atoms with van der Waals surface area (Å²) in [5, 5.41) is 8.73. The Morgan fingerprint density at radius 1 is 1.38 bits per heavy atom. The zero-order valence-corrected chi connectivity index (χ0v) is 17.7. The molecule has 1 saturated heterocycles. The molecule has 1 aliphatic heterocycles. The van der Waals surface area contributed by atoms with Gasteiger partial charge in [-0.05, 0) is 25.0 Å². The Labute approximate surface area is 174 Å². The summed E-state index contributed by atoms with van der Waals surface area (Å²) in [4.78, 5) is 9.91. The van der Waals surface area contributed by atoms with E-state index in [1.165, 1.54) is 5.56 Å². The molecular formula is C21H27N5O2S. The number of thiazole rings is 1. The highest BCUT2D eigenvalue weighted by atomic mass is 32.1. The largest absolute Gasteiger partial charge is 0.493 e. The van der Waals surface area contributed by atoms with Gasteiger partial charge in [0.2, 0.25) is 0 Å². The molecule has 1 aliphatic rings. The Bertz CT molecular complexity index is 946. The molecule has 1 fully saturated rings. The fourth-order valence-electron chi connectivity index (χ4n) is 3.30. The summed E-state index contributed by atoms with van der Waals surface area (Å²) in [6.45, 7) is 5.66. The molecule has 0 amide bonds. The van der Waals surface area contributed by atoms with E-state index in [4.69, 9.17) is 9.47 Å². The van der Waals surface area contributed by atoms with Crippen molar-refractivity contribution in [1.29, 1.82) is 0 Å². The first kappa shape index (κ1) is 19.7. The summed E-state index contributed by atoms with van der Waals surface area (Å²) >= 11 is 1.63. The summed E-state index contributed by atoms with van der Waals surface area (Å²) in [6, 6.07) is 6.32. The van der Waals surface area contributed by atoms with E-state index in [0.29, 0.717) is 25.6 Å². The number of aryl methyl sites for hydroxylation is 1. The number of fused-ring (bicyclic) bond motifs is 1. The third kappa shape index (κ3) is 5.07. The predicted octanol–water partition coefficient (Wildman–Crippen LogP) is 2.98. The van der Waals surface area contributed by atoms with Crippen molar-refractivity contribution in [3.05, 3.63) is 52.8 Å². The first-order valence-electron chi connectivity index (χ1n) is 9.87. The molecule has 0 saturated carbocycles. The zero-order chi connectivity index (χ0) is 20.1. The molecule has 0 aliphatic carbocycles. The first-order valence-corrected chi connectivity index (χ1v) is 10.7. The fourth-order valence-corrected chi connectivity index (χ4v) is 4.02. The monoisotopic (exact) mass is 413 g/mol. The number of aliphatic imine (C=N–C) groups is 1. The number of benzene rings is 1. The molecule has 3 aromatic rings. The van der Waals surface area contributed by atoms with Gasteiger partial charge in [-0.2, -0.15) is 0 Å². The maximum absolute atomic E-state index is 6.13. The molecule has 7 nitrogen and oxygen atoms in total. The van der Waals surface area contributed by atoms with Gasteiger partial charge in [0.1, 0.15) is 5.75 Å². The summed E-state index contributed by atoms with van der Waals surface area (Å²) in [6.07, 6.45) is 5.12. The molecule has 154 valence electrons. The van der Waals surface area contributed by atoms with E-state index in [9.17, 15) is 0 Å². The van der Waals surface area contributed by atoms with Gasteiger partial charge in [-0.1, -0.05) is 12.1 Å². The van der Waals surface area contributed by atoms with Gasteiger partial charge in [0.25, 0.3) is 0 Å². The Morgan fingerprint density at radius 3 is 3.07 bits per heavy atom. The second-order valence-electron chi connectivity index (χ2n) is 7.26. The number of rotatable bonds is 7. The van der Waals surface area contributed by atoms with E-state index in [1.54, 1.807) is 18.4 Å². The SMILES string of the molecule is CN=C(NCc1cn2ccsc2n1)NCc1ccc(C)cc1OCC1CCOC1. The second-order valence-corrected chi connectivity index (χ2v) is 8.13. The van der Waals surface area contributed by atoms with Crippen molar-refractivity contribution in [2.24, 2.45) is 10.9 Å². The first-order chi connectivity index (χ1) is 14.2. The van der Waals surface area contributed by atoms with Gasteiger partial charge in [-0.15, -0.1) is 11.3 Å². The number of hydrogen-bond acceptors (Lipinski definition) is 5. The lowest BCUT2D eigenvalue weighted by molar-refractivity contribution is 0.166. The fraction of sp³-hybridized carbons (Fsp3) is 0.429. The Hall–Kier alpha value is -2.58. The highest BCUT2D eigenvalue weighted by Crippen LogP contribution is 2.22. The van der Waals surface area contributed by atoms with Crippen molar-refractivity contribution in [2.45, 2.75) is 26.4 Å². The van der Waals surface area contributed by atoms with Crippen LogP contribution < -0.4 is 15.4 Å². The van der Waals surface area contributed by atoms with Crippen molar-refractivity contribution in [3.8, 4) is 5.75 Å². The van der Waals surface area contributed by atoms with Crippen molar-refractivity contribution >= 4 is 22.3 Å². The van der Waals surface area contributed by atoms with Crippen molar-refractivity contribution in [3.63, 3.8) is 0 Å². The number of nitrogens with one attached hydrogen (secondary N) is 2. The van der Waals surface area contributed by atoms with Gasteiger partial charge in [-0.25, -0.2) is 4.98 Å².